The maximum absolute atomic E-state index is 12.1. The number of amides is 1. The predicted octanol–water partition coefficient (Wildman–Crippen LogP) is 0.0156. The van der Waals surface area contributed by atoms with E-state index in [1.165, 1.54) is 0 Å². The Bertz CT molecular complexity index is 734. The molecule has 3 heterocycles. The molecule has 3 rings (SSSR count). The standard InChI is InChI=1S/C20H33N5O3/c1-20(2,3)17-5-6-18(26)25(21-17)12-11-23-7-9-24(10-8-23)14-16-13-22(4)19(27)15-28-16/h5-6,16H,7-15H2,1-4H3. The van der Waals surface area contributed by atoms with E-state index in [2.05, 4.69) is 35.7 Å². The molecule has 0 aromatic carbocycles. The molecule has 0 spiro atoms. The van der Waals surface area contributed by atoms with Crippen LogP contribution in [0.5, 0.6) is 0 Å². The van der Waals surface area contributed by atoms with Crippen molar-refractivity contribution in [2.75, 3.05) is 59.5 Å². The highest BCUT2D eigenvalue weighted by Gasteiger charge is 2.27. The zero-order chi connectivity index (χ0) is 20.3. The van der Waals surface area contributed by atoms with Gasteiger partial charge in [0.1, 0.15) is 6.61 Å². The average molecular weight is 392 g/mol. The summed E-state index contributed by atoms with van der Waals surface area (Å²) in [5.41, 5.74) is 0.827. The number of nitrogens with zero attached hydrogens (tertiary/aromatic N) is 5. The first kappa shape index (κ1) is 21.0. The van der Waals surface area contributed by atoms with Crippen LogP contribution in [0, 0.1) is 0 Å². The molecule has 28 heavy (non-hydrogen) atoms. The third-order valence-corrected chi connectivity index (χ3v) is 5.54. The van der Waals surface area contributed by atoms with Crippen molar-refractivity contribution in [1.82, 2.24) is 24.5 Å². The molecule has 0 bridgehead atoms. The summed E-state index contributed by atoms with van der Waals surface area (Å²) in [4.78, 5) is 30.2. The Hall–Kier alpha value is -1.77. The molecule has 1 aromatic rings. The molecule has 2 aliphatic rings. The lowest BCUT2D eigenvalue weighted by Gasteiger charge is -2.38. The lowest BCUT2D eigenvalue weighted by atomic mass is 9.92. The Morgan fingerprint density at radius 3 is 2.39 bits per heavy atom. The van der Waals surface area contributed by atoms with Crippen LogP contribution >= 0.6 is 0 Å². The minimum atomic E-state index is -0.0685. The molecule has 1 aromatic heterocycles. The summed E-state index contributed by atoms with van der Waals surface area (Å²) < 4.78 is 7.25. The second-order valence-electron chi connectivity index (χ2n) is 8.88. The van der Waals surface area contributed by atoms with E-state index in [-0.39, 0.29) is 29.6 Å². The zero-order valence-corrected chi connectivity index (χ0v) is 17.6. The van der Waals surface area contributed by atoms with Crippen LogP contribution in [0.1, 0.15) is 26.5 Å². The van der Waals surface area contributed by atoms with Crippen LogP contribution < -0.4 is 5.56 Å². The predicted molar refractivity (Wildman–Crippen MR) is 107 cm³/mol. The molecule has 0 aliphatic carbocycles. The number of rotatable bonds is 5. The second kappa shape index (κ2) is 8.71. The van der Waals surface area contributed by atoms with E-state index in [9.17, 15) is 9.59 Å². The smallest absolute Gasteiger partial charge is 0.266 e. The van der Waals surface area contributed by atoms with E-state index in [4.69, 9.17) is 4.74 Å². The molecule has 0 radical (unpaired) electrons. The van der Waals surface area contributed by atoms with Crippen LogP contribution in [0.4, 0.5) is 0 Å². The largest absolute Gasteiger partial charge is 0.365 e. The average Bonchev–Trinajstić information content (AvgIpc) is 2.64. The second-order valence-corrected chi connectivity index (χ2v) is 8.88. The first-order valence-corrected chi connectivity index (χ1v) is 10.1. The number of aromatic nitrogens is 2. The molecule has 1 unspecified atom stereocenters. The van der Waals surface area contributed by atoms with Gasteiger partial charge in [0.25, 0.3) is 5.56 Å². The number of likely N-dealkylation sites (N-methyl/N-ethyl adjacent to an activating group) is 1. The monoisotopic (exact) mass is 391 g/mol. The summed E-state index contributed by atoms with van der Waals surface area (Å²) in [5.74, 6) is 0.0560. The van der Waals surface area contributed by atoms with Gasteiger partial charge in [0.15, 0.2) is 0 Å². The molecule has 0 N–H and O–H groups in total. The zero-order valence-electron chi connectivity index (χ0n) is 17.6. The van der Waals surface area contributed by atoms with Crippen molar-refractivity contribution in [3.05, 3.63) is 28.2 Å². The van der Waals surface area contributed by atoms with Crippen molar-refractivity contribution >= 4 is 5.91 Å². The number of carbonyl (C=O) groups excluding carboxylic acids is 1. The van der Waals surface area contributed by atoms with Gasteiger partial charge in [0.05, 0.1) is 18.3 Å². The SMILES string of the molecule is CN1CC(CN2CCN(CCn3nc(C(C)(C)C)ccc3=O)CC2)OCC1=O. The summed E-state index contributed by atoms with van der Waals surface area (Å²) in [7, 11) is 1.83. The van der Waals surface area contributed by atoms with Crippen molar-refractivity contribution in [3.63, 3.8) is 0 Å². The van der Waals surface area contributed by atoms with Gasteiger partial charge in [0.2, 0.25) is 5.91 Å². The minimum absolute atomic E-state index is 0.0419. The lowest BCUT2D eigenvalue weighted by molar-refractivity contribution is -0.148. The van der Waals surface area contributed by atoms with Crippen LogP contribution in [0.2, 0.25) is 0 Å². The number of hydrogen-bond acceptors (Lipinski definition) is 6. The number of carbonyl (C=O) groups is 1. The van der Waals surface area contributed by atoms with Gasteiger partial charge in [-0.3, -0.25) is 19.4 Å². The number of ether oxygens (including phenoxy) is 1. The van der Waals surface area contributed by atoms with Gasteiger partial charge in [-0.2, -0.15) is 5.10 Å². The van der Waals surface area contributed by atoms with Crippen molar-refractivity contribution < 1.29 is 9.53 Å². The Balaban J connectivity index is 1.45. The molecule has 8 heteroatoms. The van der Waals surface area contributed by atoms with Crippen LogP contribution in [-0.2, 0) is 21.5 Å². The number of morpholine rings is 1. The van der Waals surface area contributed by atoms with Gasteiger partial charge in [-0.15, -0.1) is 0 Å². The van der Waals surface area contributed by atoms with Crippen LogP contribution in [0.15, 0.2) is 16.9 Å². The lowest BCUT2D eigenvalue weighted by Crippen LogP contribution is -2.53. The molecule has 2 aliphatic heterocycles. The Morgan fingerprint density at radius 1 is 1.07 bits per heavy atom. The van der Waals surface area contributed by atoms with Crippen LogP contribution in [0.3, 0.4) is 0 Å². The summed E-state index contributed by atoms with van der Waals surface area (Å²) in [6, 6.07) is 3.45. The molecule has 2 saturated heterocycles. The van der Waals surface area contributed by atoms with E-state index >= 15 is 0 Å². The first-order chi connectivity index (χ1) is 13.2. The van der Waals surface area contributed by atoms with Crippen LogP contribution in [0.25, 0.3) is 0 Å². The van der Waals surface area contributed by atoms with Gasteiger partial charge in [-0.25, -0.2) is 4.68 Å². The molecule has 1 amide bonds. The third-order valence-electron chi connectivity index (χ3n) is 5.54. The maximum Gasteiger partial charge on any atom is 0.266 e. The van der Waals surface area contributed by atoms with Gasteiger partial charge >= 0.3 is 0 Å². The Kier molecular flexibility index (Phi) is 6.52. The van der Waals surface area contributed by atoms with Crippen molar-refractivity contribution in [3.8, 4) is 0 Å². The van der Waals surface area contributed by atoms with E-state index < -0.39 is 0 Å². The number of hydrogen-bond donors (Lipinski definition) is 0. The van der Waals surface area contributed by atoms with E-state index in [0.29, 0.717) is 13.1 Å². The summed E-state index contributed by atoms with van der Waals surface area (Å²) in [6.07, 6.45) is 0.0946. The highest BCUT2D eigenvalue weighted by molar-refractivity contribution is 5.77. The topological polar surface area (TPSA) is 70.9 Å². The van der Waals surface area contributed by atoms with E-state index in [0.717, 1.165) is 45.0 Å². The maximum atomic E-state index is 12.1. The fourth-order valence-corrected chi connectivity index (χ4v) is 3.60. The summed E-state index contributed by atoms with van der Waals surface area (Å²) >= 11 is 0. The summed E-state index contributed by atoms with van der Waals surface area (Å²) in [5, 5.41) is 4.55. The fourth-order valence-electron chi connectivity index (χ4n) is 3.60. The van der Waals surface area contributed by atoms with E-state index in [1.807, 2.05) is 13.1 Å². The minimum Gasteiger partial charge on any atom is -0.365 e. The molecular weight excluding hydrogens is 358 g/mol. The highest BCUT2D eigenvalue weighted by Crippen LogP contribution is 2.18. The summed E-state index contributed by atoms with van der Waals surface area (Å²) in [6.45, 7) is 13.3. The first-order valence-electron chi connectivity index (χ1n) is 10.1. The van der Waals surface area contributed by atoms with Crippen molar-refractivity contribution in [1.29, 1.82) is 0 Å². The quantitative estimate of drug-likeness (QED) is 0.705. The molecule has 1 atom stereocenters. The highest BCUT2D eigenvalue weighted by atomic mass is 16.5. The van der Waals surface area contributed by atoms with Gasteiger partial charge < -0.3 is 9.64 Å². The molecule has 8 nitrogen and oxygen atoms in total. The van der Waals surface area contributed by atoms with Crippen molar-refractivity contribution in [2.45, 2.75) is 38.8 Å². The number of piperazine rings is 1. The molecule has 2 fully saturated rings. The van der Waals surface area contributed by atoms with Gasteiger partial charge in [-0.05, 0) is 6.07 Å². The third kappa shape index (κ3) is 5.40. The fraction of sp³-hybridized carbons (Fsp3) is 0.750. The normalized spacial score (nSPS) is 22.6. The van der Waals surface area contributed by atoms with Gasteiger partial charge in [0, 0.05) is 64.3 Å². The Labute approximate surface area is 167 Å². The van der Waals surface area contributed by atoms with Crippen LogP contribution in [-0.4, -0.2) is 96.0 Å². The van der Waals surface area contributed by atoms with Crippen molar-refractivity contribution in [2.24, 2.45) is 0 Å². The van der Waals surface area contributed by atoms with Gasteiger partial charge in [-0.1, -0.05) is 20.8 Å². The molecular formula is C20H33N5O3. The Morgan fingerprint density at radius 2 is 1.75 bits per heavy atom. The van der Waals surface area contributed by atoms with E-state index in [1.54, 1.807) is 15.6 Å². The molecule has 156 valence electrons. The molecule has 0 saturated carbocycles.